The number of aromatic nitrogens is 1. The summed E-state index contributed by atoms with van der Waals surface area (Å²) in [5, 5.41) is 4.26. The Labute approximate surface area is 118 Å². The van der Waals surface area contributed by atoms with E-state index in [0.29, 0.717) is 6.61 Å². The molecule has 4 heteroatoms. The van der Waals surface area contributed by atoms with Crippen LogP contribution in [0.5, 0.6) is 5.75 Å². The summed E-state index contributed by atoms with van der Waals surface area (Å²) in [5.41, 5.74) is 2.47. The molecule has 19 heavy (non-hydrogen) atoms. The molecule has 1 heterocycles. The number of benzene rings is 1. The minimum absolute atomic E-state index is 0.676. The van der Waals surface area contributed by atoms with Gasteiger partial charge in [0, 0.05) is 24.0 Å². The first kappa shape index (κ1) is 14.0. The molecule has 0 radical (unpaired) electrons. The molecule has 2 aromatic rings. The number of hydrogen-bond acceptors (Lipinski definition) is 4. The van der Waals surface area contributed by atoms with Crippen molar-refractivity contribution in [3.63, 3.8) is 0 Å². The summed E-state index contributed by atoms with van der Waals surface area (Å²) in [7, 11) is 1.95. The Hall–Kier alpha value is -1.39. The quantitative estimate of drug-likeness (QED) is 0.880. The third-order valence-corrected chi connectivity index (χ3v) is 3.79. The smallest absolute Gasteiger partial charge is 0.119 e. The predicted octanol–water partition coefficient (Wildman–Crippen LogP) is 3.10. The molecule has 0 spiro atoms. The van der Waals surface area contributed by atoms with Gasteiger partial charge in [-0.2, -0.15) is 0 Å². The Morgan fingerprint density at radius 1 is 1.21 bits per heavy atom. The van der Waals surface area contributed by atoms with Gasteiger partial charge in [0.15, 0.2) is 0 Å². The molecule has 0 saturated heterocycles. The topological polar surface area (TPSA) is 34.2 Å². The average Bonchev–Trinajstić information content (AvgIpc) is 2.76. The lowest BCUT2D eigenvalue weighted by molar-refractivity contribution is 0.321. The summed E-state index contributed by atoms with van der Waals surface area (Å²) in [6.45, 7) is 5.74. The van der Waals surface area contributed by atoms with Crippen molar-refractivity contribution in [2.45, 2.75) is 26.8 Å². The Kier molecular flexibility index (Phi) is 4.93. The second-order valence-corrected chi connectivity index (χ2v) is 5.87. The van der Waals surface area contributed by atoms with Crippen molar-refractivity contribution in [1.82, 2.24) is 10.3 Å². The van der Waals surface area contributed by atoms with Crippen LogP contribution in [-0.2, 0) is 13.0 Å². The SMILES string of the molecule is CNCc1cnc(CCOc2cc(C)cc(C)c2)s1. The first-order valence-corrected chi connectivity index (χ1v) is 7.28. The van der Waals surface area contributed by atoms with E-state index in [2.05, 4.69) is 42.3 Å². The van der Waals surface area contributed by atoms with Gasteiger partial charge in [0.25, 0.3) is 0 Å². The molecule has 0 aliphatic heterocycles. The lowest BCUT2D eigenvalue weighted by Gasteiger charge is -2.07. The molecule has 0 aliphatic rings. The minimum Gasteiger partial charge on any atom is -0.493 e. The third kappa shape index (κ3) is 4.33. The summed E-state index contributed by atoms with van der Waals surface area (Å²) >= 11 is 1.75. The van der Waals surface area contributed by atoms with Crippen molar-refractivity contribution in [2.75, 3.05) is 13.7 Å². The van der Waals surface area contributed by atoms with E-state index in [1.54, 1.807) is 11.3 Å². The van der Waals surface area contributed by atoms with Crippen molar-refractivity contribution >= 4 is 11.3 Å². The van der Waals surface area contributed by atoms with Gasteiger partial charge in [-0.25, -0.2) is 4.98 Å². The lowest BCUT2D eigenvalue weighted by Crippen LogP contribution is -2.02. The highest BCUT2D eigenvalue weighted by Gasteiger charge is 2.02. The predicted molar refractivity (Wildman–Crippen MR) is 80.0 cm³/mol. The van der Waals surface area contributed by atoms with Crippen LogP contribution in [-0.4, -0.2) is 18.6 Å². The largest absolute Gasteiger partial charge is 0.493 e. The zero-order valence-electron chi connectivity index (χ0n) is 11.7. The highest BCUT2D eigenvalue weighted by Crippen LogP contribution is 2.17. The van der Waals surface area contributed by atoms with Crippen molar-refractivity contribution in [1.29, 1.82) is 0 Å². The molecule has 3 nitrogen and oxygen atoms in total. The van der Waals surface area contributed by atoms with Gasteiger partial charge in [-0.05, 0) is 44.2 Å². The first-order chi connectivity index (χ1) is 9.17. The molecule has 0 amide bonds. The Balaban J connectivity index is 1.85. The summed E-state index contributed by atoms with van der Waals surface area (Å²) in [4.78, 5) is 5.67. The zero-order valence-corrected chi connectivity index (χ0v) is 12.5. The minimum atomic E-state index is 0.676. The number of rotatable bonds is 6. The van der Waals surface area contributed by atoms with Gasteiger partial charge in [-0.15, -0.1) is 11.3 Å². The second-order valence-electron chi connectivity index (χ2n) is 4.67. The van der Waals surface area contributed by atoms with E-state index >= 15 is 0 Å². The van der Waals surface area contributed by atoms with E-state index in [1.165, 1.54) is 16.0 Å². The van der Waals surface area contributed by atoms with E-state index in [1.807, 2.05) is 13.2 Å². The summed E-state index contributed by atoms with van der Waals surface area (Å²) < 4.78 is 5.79. The van der Waals surface area contributed by atoms with E-state index < -0.39 is 0 Å². The van der Waals surface area contributed by atoms with Crippen LogP contribution in [0.15, 0.2) is 24.4 Å². The highest BCUT2D eigenvalue weighted by molar-refractivity contribution is 7.11. The summed E-state index contributed by atoms with van der Waals surface area (Å²) in [6, 6.07) is 6.29. The first-order valence-electron chi connectivity index (χ1n) is 6.46. The van der Waals surface area contributed by atoms with Crippen molar-refractivity contribution in [2.24, 2.45) is 0 Å². The Bertz CT molecular complexity index is 516. The van der Waals surface area contributed by atoms with Crippen LogP contribution in [0.25, 0.3) is 0 Å². The number of nitrogens with one attached hydrogen (secondary N) is 1. The van der Waals surface area contributed by atoms with Crippen LogP contribution in [0.3, 0.4) is 0 Å². The van der Waals surface area contributed by atoms with Crippen LogP contribution < -0.4 is 10.1 Å². The van der Waals surface area contributed by atoms with E-state index in [4.69, 9.17) is 4.74 Å². The fourth-order valence-electron chi connectivity index (χ4n) is 1.99. The molecule has 0 fully saturated rings. The lowest BCUT2D eigenvalue weighted by atomic mass is 10.1. The normalized spacial score (nSPS) is 10.7. The van der Waals surface area contributed by atoms with Crippen molar-refractivity contribution in [3.8, 4) is 5.75 Å². The molecular weight excluding hydrogens is 256 g/mol. The van der Waals surface area contributed by atoms with Crippen molar-refractivity contribution < 1.29 is 4.74 Å². The van der Waals surface area contributed by atoms with Gasteiger partial charge in [0.2, 0.25) is 0 Å². The molecule has 0 atom stereocenters. The van der Waals surface area contributed by atoms with Crippen LogP contribution in [0.1, 0.15) is 21.0 Å². The molecule has 0 bridgehead atoms. The Morgan fingerprint density at radius 2 is 1.95 bits per heavy atom. The van der Waals surface area contributed by atoms with Gasteiger partial charge >= 0.3 is 0 Å². The van der Waals surface area contributed by atoms with E-state index in [0.717, 1.165) is 23.7 Å². The van der Waals surface area contributed by atoms with Gasteiger partial charge in [0.1, 0.15) is 5.75 Å². The molecule has 0 saturated carbocycles. The second kappa shape index (κ2) is 6.68. The number of ether oxygens (including phenoxy) is 1. The number of hydrogen-bond donors (Lipinski definition) is 1. The zero-order chi connectivity index (χ0) is 13.7. The maximum absolute atomic E-state index is 5.79. The molecule has 1 N–H and O–H groups in total. The fourth-order valence-corrected chi connectivity index (χ4v) is 2.91. The molecule has 0 unspecified atom stereocenters. The molecule has 2 rings (SSSR count). The van der Waals surface area contributed by atoms with Gasteiger partial charge in [0.05, 0.1) is 11.6 Å². The van der Waals surface area contributed by atoms with Crippen LogP contribution >= 0.6 is 11.3 Å². The molecular formula is C15H20N2OS. The third-order valence-electron chi connectivity index (χ3n) is 2.73. The van der Waals surface area contributed by atoms with Crippen LogP contribution in [0, 0.1) is 13.8 Å². The fraction of sp³-hybridized carbons (Fsp3) is 0.400. The monoisotopic (exact) mass is 276 g/mol. The molecule has 102 valence electrons. The van der Waals surface area contributed by atoms with Crippen LogP contribution in [0.2, 0.25) is 0 Å². The maximum atomic E-state index is 5.79. The van der Waals surface area contributed by atoms with Gasteiger partial charge in [-0.3, -0.25) is 0 Å². The summed E-state index contributed by atoms with van der Waals surface area (Å²) in [5.74, 6) is 0.949. The van der Waals surface area contributed by atoms with Gasteiger partial charge in [-0.1, -0.05) is 6.07 Å². The maximum Gasteiger partial charge on any atom is 0.119 e. The van der Waals surface area contributed by atoms with Crippen LogP contribution in [0.4, 0.5) is 0 Å². The highest BCUT2D eigenvalue weighted by atomic mass is 32.1. The number of aryl methyl sites for hydroxylation is 2. The van der Waals surface area contributed by atoms with E-state index in [9.17, 15) is 0 Å². The molecule has 0 aliphatic carbocycles. The summed E-state index contributed by atoms with van der Waals surface area (Å²) in [6.07, 6.45) is 2.80. The molecule has 1 aromatic carbocycles. The van der Waals surface area contributed by atoms with Gasteiger partial charge < -0.3 is 10.1 Å². The standard InChI is InChI=1S/C15H20N2OS/c1-11-6-12(2)8-13(7-11)18-5-4-15-17-10-14(19-15)9-16-3/h6-8,10,16H,4-5,9H2,1-3H3. The number of thiazole rings is 1. The average molecular weight is 276 g/mol. The Morgan fingerprint density at radius 3 is 2.63 bits per heavy atom. The van der Waals surface area contributed by atoms with E-state index in [-0.39, 0.29) is 0 Å². The molecule has 1 aromatic heterocycles. The van der Waals surface area contributed by atoms with Crippen molar-refractivity contribution in [3.05, 3.63) is 45.4 Å². The number of nitrogens with zero attached hydrogens (tertiary/aromatic N) is 1.